The van der Waals surface area contributed by atoms with Gasteiger partial charge in [-0.1, -0.05) is 17.7 Å². The zero-order chi connectivity index (χ0) is 15.4. The van der Waals surface area contributed by atoms with Gasteiger partial charge >= 0.3 is 0 Å². The lowest BCUT2D eigenvalue weighted by molar-refractivity contribution is 0.293. The average molecular weight is 312 g/mol. The summed E-state index contributed by atoms with van der Waals surface area (Å²) in [6.07, 6.45) is 1.39. The first-order chi connectivity index (χ1) is 9.97. The van der Waals surface area contributed by atoms with Crippen LogP contribution in [0.4, 0.5) is 4.39 Å². The molecule has 1 atom stereocenters. The zero-order valence-electron chi connectivity index (χ0n) is 11.4. The van der Waals surface area contributed by atoms with Crippen LogP contribution in [0.5, 0.6) is 5.75 Å². The van der Waals surface area contributed by atoms with Crippen LogP contribution in [0, 0.1) is 5.82 Å². The van der Waals surface area contributed by atoms with Crippen molar-refractivity contribution in [3.8, 4) is 5.75 Å². The van der Waals surface area contributed by atoms with Crippen LogP contribution in [-0.2, 0) is 6.54 Å². The van der Waals surface area contributed by atoms with E-state index in [2.05, 4.69) is 5.10 Å². The molecule has 1 unspecified atom stereocenters. The third kappa shape index (κ3) is 4.03. The molecule has 2 N–H and O–H groups in total. The molecule has 0 saturated carbocycles. The molecule has 0 amide bonds. The van der Waals surface area contributed by atoms with Crippen molar-refractivity contribution in [3.05, 3.63) is 57.2 Å². The van der Waals surface area contributed by atoms with Gasteiger partial charge in [-0.25, -0.2) is 9.07 Å². The van der Waals surface area contributed by atoms with Gasteiger partial charge in [-0.3, -0.25) is 4.79 Å². The fourth-order valence-corrected chi connectivity index (χ4v) is 1.90. The highest BCUT2D eigenvalue weighted by molar-refractivity contribution is 6.31. The van der Waals surface area contributed by atoms with E-state index in [1.165, 1.54) is 24.4 Å². The molecule has 0 spiro atoms. The Morgan fingerprint density at radius 2 is 2.29 bits per heavy atom. The molecule has 0 aliphatic heterocycles. The summed E-state index contributed by atoms with van der Waals surface area (Å²) in [6.45, 7) is 2.02. The zero-order valence-corrected chi connectivity index (χ0v) is 12.2. The van der Waals surface area contributed by atoms with Crippen molar-refractivity contribution in [2.75, 3.05) is 6.61 Å². The third-order valence-electron chi connectivity index (χ3n) is 2.73. The van der Waals surface area contributed by atoms with Gasteiger partial charge in [0.15, 0.2) is 0 Å². The molecule has 1 aromatic heterocycles. The summed E-state index contributed by atoms with van der Waals surface area (Å²) in [5, 5.41) is 4.20. The van der Waals surface area contributed by atoms with E-state index in [4.69, 9.17) is 22.1 Å². The summed E-state index contributed by atoms with van der Waals surface area (Å²) in [5.74, 6) is -0.151. The fraction of sp³-hybridized carbons (Fsp3) is 0.286. The summed E-state index contributed by atoms with van der Waals surface area (Å²) in [4.78, 5) is 11.9. The van der Waals surface area contributed by atoms with Gasteiger partial charge in [0.05, 0.1) is 12.7 Å². The Bertz CT molecular complexity index is 668. The van der Waals surface area contributed by atoms with Crippen LogP contribution in [0.15, 0.2) is 35.3 Å². The second-order valence-corrected chi connectivity index (χ2v) is 5.08. The van der Waals surface area contributed by atoms with Crippen molar-refractivity contribution in [2.45, 2.75) is 19.5 Å². The molecule has 0 bridgehead atoms. The Hall–Kier alpha value is -1.92. The number of rotatable bonds is 5. The molecule has 0 aliphatic carbocycles. The van der Waals surface area contributed by atoms with Crippen molar-refractivity contribution in [3.63, 3.8) is 0 Å². The molecule has 21 heavy (non-hydrogen) atoms. The smallest absolute Gasteiger partial charge is 0.270 e. The quantitative estimate of drug-likeness (QED) is 0.914. The topological polar surface area (TPSA) is 70.1 Å². The number of ether oxygens (including phenoxy) is 1. The number of hydrogen-bond acceptors (Lipinski definition) is 4. The van der Waals surface area contributed by atoms with Gasteiger partial charge in [0.2, 0.25) is 0 Å². The Morgan fingerprint density at radius 1 is 1.52 bits per heavy atom. The Kier molecular flexibility index (Phi) is 4.93. The number of halogens is 2. The van der Waals surface area contributed by atoms with Crippen LogP contribution in [0.3, 0.4) is 0 Å². The second kappa shape index (κ2) is 6.69. The predicted octanol–water partition coefficient (Wildman–Crippen LogP) is 1.81. The molecule has 5 nitrogen and oxygen atoms in total. The minimum absolute atomic E-state index is 0.0437. The van der Waals surface area contributed by atoms with Crippen molar-refractivity contribution in [1.29, 1.82) is 0 Å². The van der Waals surface area contributed by atoms with E-state index < -0.39 is 11.4 Å². The van der Waals surface area contributed by atoms with Crippen LogP contribution in [-0.4, -0.2) is 22.4 Å². The fourth-order valence-electron chi connectivity index (χ4n) is 1.68. The van der Waals surface area contributed by atoms with Crippen molar-refractivity contribution < 1.29 is 9.13 Å². The molecule has 0 radical (unpaired) electrons. The maximum absolute atomic E-state index is 13.7. The van der Waals surface area contributed by atoms with Crippen LogP contribution < -0.4 is 16.0 Å². The molecular weight excluding hydrogens is 297 g/mol. The first-order valence-electron chi connectivity index (χ1n) is 6.36. The van der Waals surface area contributed by atoms with Crippen molar-refractivity contribution in [1.82, 2.24) is 9.78 Å². The van der Waals surface area contributed by atoms with Gasteiger partial charge in [0, 0.05) is 22.7 Å². The third-order valence-corrected chi connectivity index (χ3v) is 3.08. The van der Waals surface area contributed by atoms with Gasteiger partial charge in [-0.05, 0) is 19.1 Å². The summed E-state index contributed by atoms with van der Waals surface area (Å²) in [7, 11) is 0. The molecule has 7 heteroatoms. The Morgan fingerprint density at radius 3 is 2.90 bits per heavy atom. The lowest BCUT2D eigenvalue weighted by Gasteiger charge is -2.10. The van der Waals surface area contributed by atoms with Gasteiger partial charge < -0.3 is 10.5 Å². The van der Waals surface area contributed by atoms with Gasteiger partial charge in [-0.2, -0.15) is 5.10 Å². The van der Waals surface area contributed by atoms with Crippen LogP contribution in [0.2, 0.25) is 5.02 Å². The molecule has 1 heterocycles. The lowest BCUT2D eigenvalue weighted by Crippen LogP contribution is -2.26. The summed E-state index contributed by atoms with van der Waals surface area (Å²) in [5.41, 5.74) is 5.37. The summed E-state index contributed by atoms with van der Waals surface area (Å²) >= 11 is 5.93. The van der Waals surface area contributed by atoms with E-state index in [1.54, 1.807) is 13.0 Å². The molecule has 112 valence electrons. The van der Waals surface area contributed by atoms with Gasteiger partial charge in [0.25, 0.3) is 5.56 Å². The van der Waals surface area contributed by atoms with E-state index in [1.807, 2.05) is 0 Å². The predicted molar refractivity (Wildman–Crippen MR) is 78.2 cm³/mol. The molecule has 2 rings (SSSR count). The molecule has 0 fully saturated rings. The van der Waals surface area contributed by atoms with Gasteiger partial charge in [0.1, 0.15) is 18.2 Å². The second-order valence-electron chi connectivity index (χ2n) is 4.68. The van der Waals surface area contributed by atoms with E-state index in [0.717, 1.165) is 4.68 Å². The minimum Gasteiger partial charge on any atom is -0.490 e. The maximum atomic E-state index is 13.7. The standard InChI is InChI=1S/C14H15ClFN3O2/c1-9(17)8-21-10-5-14(20)19(18-6-10)7-11-12(15)3-2-4-13(11)16/h2-6,9H,7-8,17H2,1H3. The highest BCUT2D eigenvalue weighted by atomic mass is 35.5. The van der Waals surface area contributed by atoms with Crippen LogP contribution in [0.1, 0.15) is 12.5 Å². The maximum Gasteiger partial charge on any atom is 0.270 e. The highest BCUT2D eigenvalue weighted by Gasteiger charge is 2.10. The molecule has 2 aromatic rings. The normalized spacial score (nSPS) is 12.2. The molecule has 0 saturated heterocycles. The van der Waals surface area contributed by atoms with E-state index in [-0.39, 0.29) is 29.8 Å². The van der Waals surface area contributed by atoms with Crippen LogP contribution >= 0.6 is 11.6 Å². The minimum atomic E-state index is -0.478. The number of nitrogens with zero attached hydrogens (tertiary/aromatic N) is 2. The average Bonchev–Trinajstić information content (AvgIpc) is 2.42. The molecule has 1 aromatic carbocycles. The Labute approximate surface area is 126 Å². The Balaban J connectivity index is 2.20. The monoisotopic (exact) mass is 311 g/mol. The number of hydrogen-bond donors (Lipinski definition) is 1. The number of nitrogens with two attached hydrogens (primary N) is 1. The van der Waals surface area contributed by atoms with E-state index in [9.17, 15) is 9.18 Å². The summed E-state index contributed by atoms with van der Waals surface area (Å²) in [6, 6.07) is 5.48. The van der Waals surface area contributed by atoms with Crippen molar-refractivity contribution in [2.24, 2.45) is 5.73 Å². The SMILES string of the molecule is CC(N)COc1cnn(Cc2c(F)cccc2Cl)c(=O)c1. The molecule has 0 aliphatic rings. The molecular formula is C14H15ClFN3O2. The van der Waals surface area contributed by atoms with E-state index in [0.29, 0.717) is 5.75 Å². The van der Waals surface area contributed by atoms with Crippen molar-refractivity contribution >= 4 is 11.6 Å². The largest absolute Gasteiger partial charge is 0.490 e. The van der Waals surface area contributed by atoms with Crippen LogP contribution in [0.25, 0.3) is 0 Å². The number of aromatic nitrogens is 2. The van der Waals surface area contributed by atoms with Gasteiger partial charge in [-0.15, -0.1) is 0 Å². The summed E-state index contributed by atoms with van der Waals surface area (Å²) < 4.78 is 20.1. The lowest BCUT2D eigenvalue weighted by atomic mass is 10.2. The first kappa shape index (κ1) is 15.5. The highest BCUT2D eigenvalue weighted by Crippen LogP contribution is 2.19. The first-order valence-corrected chi connectivity index (χ1v) is 6.73. The number of benzene rings is 1. The van der Waals surface area contributed by atoms with E-state index >= 15 is 0 Å².